The molecule has 0 unspecified atom stereocenters. The van der Waals surface area contributed by atoms with Crippen LogP contribution in [0.25, 0.3) is 11.4 Å². The third-order valence-electron chi connectivity index (χ3n) is 4.49. The number of benzene rings is 2. The van der Waals surface area contributed by atoms with Crippen molar-refractivity contribution < 1.29 is 14.3 Å². The van der Waals surface area contributed by atoms with Gasteiger partial charge in [0.05, 0.1) is 19.3 Å². The first kappa shape index (κ1) is 19.4. The summed E-state index contributed by atoms with van der Waals surface area (Å²) >= 11 is 0. The molecule has 30 heavy (non-hydrogen) atoms. The van der Waals surface area contributed by atoms with Crippen molar-refractivity contribution in [1.82, 2.24) is 20.5 Å². The molecule has 10 heteroatoms. The van der Waals surface area contributed by atoms with Gasteiger partial charge in [-0.1, -0.05) is 0 Å². The average molecular weight is 407 g/mol. The van der Waals surface area contributed by atoms with E-state index in [0.717, 1.165) is 11.3 Å². The molecule has 0 aliphatic carbocycles. The molecule has 3 aromatic rings. The summed E-state index contributed by atoms with van der Waals surface area (Å²) < 4.78 is 10.5. The Balaban J connectivity index is 1.35. The highest BCUT2D eigenvalue weighted by atomic mass is 16.5. The smallest absolute Gasteiger partial charge is 0.258 e. The second kappa shape index (κ2) is 8.62. The van der Waals surface area contributed by atoms with Crippen LogP contribution in [0, 0.1) is 5.41 Å². The normalized spacial score (nSPS) is 13.3. The Bertz CT molecular complexity index is 1040. The van der Waals surface area contributed by atoms with Gasteiger partial charge in [-0.3, -0.25) is 4.79 Å². The number of anilines is 3. The molecule has 1 aliphatic heterocycles. The zero-order valence-electron chi connectivity index (χ0n) is 16.0. The summed E-state index contributed by atoms with van der Waals surface area (Å²) in [6.07, 6.45) is 1.20. The Morgan fingerprint density at radius 2 is 2.07 bits per heavy atom. The average Bonchev–Trinajstić information content (AvgIpc) is 3.19. The third kappa shape index (κ3) is 4.55. The monoisotopic (exact) mass is 407 g/mol. The molecule has 4 rings (SSSR count). The molecule has 0 spiro atoms. The Morgan fingerprint density at radius 1 is 1.27 bits per heavy atom. The number of carbonyl (C=O) groups excluding carboxylic acids is 1. The van der Waals surface area contributed by atoms with Gasteiger partial charge in [0.25, 0.3) is 5.91 Å². The van der Waals surface area contributed by atoms with Crippen molar-refractivity contribution in [2.75, 3.05) is 30.9 Å². The summed E-state index contributed by atoms with van der Waals surface area (Å²) in [5, 5.41) is 21.5. The molecule has 0 bridgehead atoms. The largest absolute Gasteiger partial charge is 0.484 e. The number of nitrogens with zero attached hydrogens (tertiary/aromatic N) is 2. The lowest BCUT2D eigenvalue weighted by Crippen LogP contribution is -2.49. The maximum atomic E-state index is 11.8. The number of amides is 1. The van der Waals surface area contributed by atoms with Crippen LogP contribution < -0.4 is 21.1 Å². The fourth-order valence-corrected chi connectivity index (χ4v) is 2.81. The highest BCUT2D eigenvalue weighted by Crippen LogP contribution is 2.22. The molecule has 6 N–H and O–H groups in total. The first-order valence-corrected chi connectivity index (χ1v) is 9.31. The second-order valence-electron chi connectivity index (χ2n) is 6.75. The quantitative estimate of drug-likeness (QED) is 0.281. The number of nitrogens with one attached hydrogen (secondary N) is 4. The van der Waals surface area contributed by atoms with Crippen LogP contribution >= 0.6 is 0 Å². The van der Waals surface area contributed by atoms with E-state index in [2.05, 4.69) is 25.8 Å². The highest BCUT2D eigenvalue weighted by molar-refractivity contribution is 5.87. The molecule has 1 saturated heterocycles. The van der Waals surface area contributed by atoms with E-state index in [4.69, 9.17) is 20.6 Å². The van der Waals surface area contributed by atoms with Crippen molar-refractivity contribution >= 4 is 29.4 Å². The Labute approximate surface area is 172 Å². The number of aromatic amines is 1. The third-order valence-corrected chi connectivity index (χ3v) is 4.49. The fraction of sp³-hybridized carbons (Fsp3) is 0.200. The second-order valence-corrected chi connectivity index (χ2v) is 6.75. The minimum Gasteiger partial charge on any atom is -0.484 e. The lowest BCUT2D eigenvalue weighted by atomic mass is 10.2. The molecule has 0 atom stereocenters. The van der Waals surface area contributed by atoms with Crippen LogP contribution in [0.15, 0.2) is 42.5 Å². The van der Waals surface area contributed by atoms with Crippen molar-refractivity contribution in [3.63, 3.8) is 0 Å². The van der Waals surface area contributed by atoms with Crippen molar-refractivity contribution in [3.05, 3.63) is 48.0 Å². The van der Waals surface area contributed by atoms with Crippen LogP contribution in [0.2, 0.25) is 0 Å². The number of hydrogen-bond donors (Lipinski definition) is 5. The van der Waals surface area contributed by atoms with Crippen LogP contribution in [0.3, 0.4) is 0 Å². The number of H-pyrrole nitrogens is 1. The maximum Gasteiger partial charge on any atom is 0.258 e. The number of nitrogen functional groups attached to an aromatic ring is 1. The summed E-state index contributed by atoms with van der Waals surface area (Å²) in [5.74, 6) is 1.45. The van der Waals surface area contributed by atoms with Gasteiger partial charge in [-0.2, -0.15) is 0 Å². The van der Waals surface area contributed by atoms with Crippen molar-refractivity contribution in [1.29, 1.82) is 5.41 Å². The molecule has 0 radical (unpaired) electrons. The molecule has 0 saturated carbocycles. The number of rotatable bonds is 8. The standard InChI is InChI=1S/C20H21N7O3/c21-8-13-7-14(3-6-17(13)22)24-20-25-19(26-27-20)12-1-4-16(5-2-12)30-11-18(28)23-15-9-29-10-15/h1-8,15,21H,9-11,22H2,(H,23,28)(H2,24,25,26,27). The summed E-state index contributed by atoms with van der Waals surface area (Å²) in [5.41, 5.74) is 8.50. The summed E-state index contributed by atoms with van der Waals surface area (Å²) in [7, 11) is 0. The van der Waals surface area contributed by atoms with Gasteiger partial charge >= 0.3 is 0 Å². The lowest BCUT2D eigenvalue weighted by molar-refractivity contribution is -0.127. The van der Waals surface area contributed by atoms with Crippen molar-refractivity contribution in [2.45, 2.75) is 6.04 Å². The topological polar surface area (TPSA) is 151 Å². The molecule has 1 aliphatic rings. The van der Waals surface area contributed by atoms with E-state index in [9.17, 15) is 4.79 Å². The number of nitrogens with two attached hydrogens (primary N) is 1. The molecule has 1 amide bonds. The first-order chi connectivity index (χ1) is 14.6. The van der Waals surface area contributed by atoms with E-state index in [0.29, 0.717) is 42.0 Å². The SMILES string of the molecule is N=Cc1cc(Nc2nnc(-c3ccc(OCC(=O)NC4COC4)cc3)[nH]2)ccc1N. The molecular weight excluding hydrogens is 386 g/mol. The van der Waals surface area contributed by atoms with E-state index in [1.807, 2.05) is 12.1 Å². The molecular formula is C20H21N7O3. The van der Waals surface area contributed by atoms with E-state index in [1.165, 1.54) is 6.21 Å². The van der Waals surface area contributed by atoms with Gasteiger partial charge < -0.3 is 36.2 Å². The van der Waals surface area contributed by atoms with E-state index in [-0.39, 0.29) is 18.6 Å². The van der Waals surface area contributed by atoms with Crippen molar-refractivity contribution in [2.24, 2.45) is 0 Å². The number of ether oxygens (including phenoxy) is 2. The van der Waals surface area contributed by atoms with Gasteiger partial charge in [0.1, 0.15) is 5.75 Å². The number of carbonyl (C=O) groups is 1. The molecule has 1 fully saturated rings. The van der Waals surface area contributed by atoms with Crippen LogP contribution in [-0.4, -0.2) is 53.2 Å². The number of hydrogen-bond acceptors (Lipinski definition) is 8. The Kier molecular flexibility index (Phi) is 5.57. The zero-order chi connectivity index (χ0) is 20.9. The van der Waals surface area contributed by atoms with Gasteiger partial charge in [-0.25, -0.2) is 0 Å². The molecule has 2 aromatic carbocycles. The minimum absolute atomic E-state index is 0.0501. The highest BCUT2D eigenvalue weighted by Gasteiger charge is 2.20. The van der Waals surface area contributed by atoms with Gasteiger partial charge in [-0.05, 0) is 42.5 Å². The first-order valence-electron chi connectivity index (χ1n) is 9.31. The van der Waals surface area contributed by atoms with Crippen LogP contribution in [0.1, 0.15) is 5.56 Å². The van der Waals surface area contributed by atoms with Crippen molar-refractivity contribution in [3.8, 4) is 17.1 Å². The molecule has 10 nitrogen and oxygen atoms in total. The molecule has 154 valence electrons. The van der Waals surface area contributed by atoms with Gasteiger partial charge in [0.15, 0.2) is 12.4 Å². The Morgan fingerprint density at radius 3 is 2.77 bits per heavy atom. The molecule has 1 aromatic heterocycles. The van der Waals surface area contributed by atoms with E-state index in [1.54, 1.807) is 30.3 Å². The summed E-state index contributed by atoms with van der Waals surface area (Å²) in [6, 6.07) is 12.5. The van der Waals surface area contributed by atoms with Crippen LogP contribution in [0.5, 0.6) is 5.75 Å². The van der Waals surface area contributed by atoms with Gasteiger partial charge in [0.2, 0.25) is 5.95 Å². The fourth-order valence-electron chi connectivity index (χ4n) is 2.81. The van der Waals surface area contributed by atoms with Crippen LogP contribution in [-0.2, 0) is 9.53 Å². The summed E-state index contributed by atoms with van der Waals surface area (Å²) in [6.45, 7) is 1.05. The van der Waals surface area contributed by atoms with E-state index < -0.39 is 0 Å². The van der Waals surface area contributed by atoms with E-state index >= 15 is 0 Å². The summed E-state index contributed by atoms with van der Waals surface area (Å²) in [4.78, 5) is 14.9. The maximum absolute atomic E-state index is 11.8. The minimum atomic E-state index is -0.174. The predicted octanol–water partition coefficient (Wildman–Crippen LogP) is 1.69. The lowest BCUT2D eigenvalue weighted by Gasteiger charge is -2.26. The zero-order valence-corrected chi connectivity index (χ0v) is 16.0. The Hall–Kier alpha value is -3.92. The molecule has 2 heterocycles. The predicted molar refractivity (Wildman–Crippen MR) is 112 cm³/mol. The number of aromatic nitrogens is 3. The van der Waals surface area contributed by atoms with Crippen LogP contribution in [0.4, 0.5) is 17.3 Å². The van der Waals surface area contributed by atoms with Gasteiger partial charge in [0, 0.05) is 28.7 Å². The van der Waals surface area contributed by atoms with Gasteiger partial charge in [-0.15, -0.1) is 10.2 Å².